The van der Waals surface area contributed by atoms with Crippen molar-refractivity contribution in [1.29, 1.82) is 0 Å². The molecule has 3 saturated heterocycles. The van der Waals surface area contributed by atoms with Gasteiger partial charge in [-0.05, 0) is 25.9 Å². The molecule has 0 aromatic rings. The number of amides is 1. The maximum absolute atomic E-state index is 12.2. The molecule has 4 heteroatoms. The summed E-state index contributed by atoms with van der Waals surface area (Å²) in [6, 6.07) is 0. The third-order valence-electron chi connectivity index (χ3n) is 4.61. The molecule has 1 amide bonds. The van der Waals surface area contributed by atoms with E-state index in [0.717, 1.165) is 32.7 Å². The molecule has 0 aromatic heterocycles. The highest BCUT2D eigenvalue weighted by Crippen LogP contribution is 2.40. The van der Waals surface area contributed by atoms with Crippen molar-refractivity contribution in [3.8, 4) is 0 Å². The molecule has 96 valence electrons. The zero-order chi connectivity index (χ0) is 11.9. The van der Waals surface area contributed by atoms with Gasteiger partial charge in [-0.15, -0.1) is 0 Å². The minimum atomic E-state index is 0.149. The number of hydrogen-bond acceptors (Lipinski definition) is 3. The summed E-state index contributed by atoms with van der Waals surface area (Å²) < 4.78 is 5.29. The van der Waals surface area contributed by atoms with Gasteiger partial charge in [-0.3, -0.25) is 4.79 Å². The first kappa shape index (κ1) is 11.5. The van der Waals surface area contributed by atoms with Gasteiger partial charge in [0.2, 0.25) is 5.91 Å². The Kier molecular flexibility index (Phi) is 2.87. The minimum Gasteiger partial charge on any atom is -0.381 e. The van der Waals surface area contributed by atoms with Crippen LogP contribution in [0.1, 0.15) is 19.8 Å². The average molecular weight is 238 g/mol. The standard InChI is InChI=1S/C13H22N2O2/c1-2-14-5-4-13(8-14)9-15(10-13)12(16)11-3-6-17-7-11/h11H,2-10H2,1H3. The number of carbonyl (C=O) groups is 1. The second kappa shape index (κ2) is 4.25. The summed E-state index contributed by atoms with van der Waals surface area (Å²) in [4.78, 5) is 16.7. The van der Waals surface area contributed by atoms with Gasteiger partial charge >= 0.3 is 0 Å². The van der Waals surface area contributed by atoms with E-state index in [9.17, 15) is 4.79 Å². The lowest BCUT2D eigenvalue weighted by Gasteiger charge is -2.49. The molecular weight excluding hydrogens is 216 g/mol. The number of hydrogen-bond donors (Lipinski definition) is 0. The van der Waals surface area contributed by atoms with Gasteiger partial charge in [0.25, 0.3) is 0 Å². The molecular formula is C13H22N2O2. The lowest BCUT2D eigenvalue weighted by Crippen LogP contribution is -2.60. The van der Waals surface area contributed by atoms with Gasteiger partial charge in [0, 0.05) is 31.7 Å². The Hall–Kier alpha value is -0.610. The first-order valence-electron chi connectivity index (χ1n) is 6.81. The Morgan fingerprint density at radius 1 is 1.41 bits per heavy atom. The van der Waals surface area contributed by atoms with Gasteiger partial charge < -0.3 is 14.5 Å². The van der Waals surface area contributed by atoms with Crippen molar-refractivity contribution in [1.82, 2.24) is 9.80 Å². The molecule has 0 aromatic carbocycles. The SMILES string of the molecule is CCN1CCC2(C1)CN(C(=O)C1CCOC1)C2. The Labute approximate surface area is 103 Å². The van der Waals surface area contributed by atoms with Crippen LogP contribution >= 0.6 is 0 Å². The Morgan fingerprint density at radius 3 is 2.82 bits per heavy atom. The maximum atomic E-state index is 12.2. The first-order chi connectivity index (χ1) is 8.22. The smallest absolute Gasteiger partial charge is 0.228 e. The molecule has 1 unspecified atom stereocenters. The fourth-order valence-electron chi connectivity index (χ4n) is 3.46. The topological polar surface area (TPSA) is 32.8 Å². The molecule has 0 radical (unpaired) electrons. The quantitative estimate of drug-likeness (QED) is 0.705. The van der Waals surface area contributed by atoms with Gasteiger partial charge in [-0.2, -0.15) is 0 Å². The Balaban J connectivity index is 1.52. The van der Waals surface area contributed by atoms with Crippen LogP contribution in [0.25, 0.3) is 0 Å². The van der Waals surface area contributed by atoms with E-state index >= 15 is 0 Å². The number of carbonyl (C=O) groups excluding carboxylic acids is 1. The van der Waals surface area contributed by atoms with Crippen LogP contribution in [0.5, 0.6) is 0 Å². The van der Waals surface area contributed by atoms with Crippen LogP contribution in [0.4, 0.5) is 0 Å². The normalized spacial score (nSPS) is 32.1. The predicted octanol–water partition coefficient (Wildman–Crippen LogP) is 0.577. The molecule has 0 saturated carbocycles. The predicted molar refractivity (Wildman–Crippen MR) is 64.7 cm³/mol. The zero-order valence-electron chi connectivity index (χ0n) is 10.7. The Bertz CT molecular complexity index is 307. The molecule has 3 fully saturated rings. The highest BCUT2D eigenvalue weighted by atomic mass is 16.5. The zero-order valence-corrected chi connectivity index (χ0v) is 10.7. The molecule has 3 rings (SSSR count). The van der Waals surface area contributed by atoms with Crippen LogP contribution in [0.2, 0.25) is 0 Å². The van der Waals surface area contributed by atoms with Crippen LogP contribution in [0, 0.1) is 11.3 Å². The van der Waals surface area contributed by atoms with E-state index in [2.05, 4.69) is 16.7 Å². The van der Waals surface area contributed by atoms with Crippen molar-refractivity contribution >= 4 is 5.91 Å². The van der Waals surface area contributed by atoms with E-state index in [0.29, 0.717) is 17.9 Å². The number of nitrogens with zero attached hydrogens (tertiary/aromatic N) is 2. The third kappa shape index (κ3) is 1.97. The highest BCUT2D eigenvalue weighted by molar-refractivity contribution is 5.80. The highest BCUT2D eigenvalue weighted by Gasteiger charge is 2.49. The number of rotatable bonds is 2. The van der Waals surface area contributed by atoms with Crippen LogP contribution in [-0.2, 0) is 9.53 Å². The van der Waals surface area contributed by atoms with Crippen LogP contribution in [0.3, 0.4) is 0 Å². The van der Waals surface area contributed by atoms with E-state index in [4.69, 9.17) is 4.74 Å². The molecule has 4 nitrogen and oxygen atoms in total. The summed E-state index contributed by atoms with van der Waals surface area (Å²) >= 11 is 0. The van der Waals surface area contributed by atoms with E-state index in [1.165, 1.54) is 19.5 Å². The van der Waals surface area contributed by atoms with E-state index in [1.807, 2.05) is 0 Å². The lowest BCUT2D eigenvalue weighted by atomic mass is 9.78. The monoisotopic (exact) mass is 238 g/mol. The Morgan fingerprint density at radius 2 is 2.24 bits per heavy atom. The molecule has 0 aliphatic carbocycles. The fourth-order valence-corrected chi connectivity index (χ4v) is 3.46. The van der Waals surface area contributed by atoms with Crippen molar-refractivity contribution in [3.05, 3.63) is 0 Å². The summed E-state index contributed by atoms with van der Waals surface area (Å²) in [7, 11) is 0. The minimum absolute atomic E-state index is 0.149. The van der Waals surface area contributed by atoms with Crippen molar-refractivity contribution in [2.75, 3.05) is 45.9 Å². The van der Waals surface area contributed by atoms with Crippen molar-refractivity contribution in [2.24, 2.45) is 11.3 Å². The van der Waals surface area contributed by atoms with E-state index < -0.39 is 0 Å². The number of likely N-dealkylation sites (tertiary alicyclic amines) is 2. The van der Waals surface area contributed by atoms with Crippen molar-refractivity contribution in [2.45, 2.75) is 19.8 Å². The molecule has 0 bridgehead atoms. The summed E-state index contributed by atoms with van der Waals surface area (Å²) in [6.07, 6.45) is 2.19. The summed E-state index contributed by atoms with van der Waals surface area (Å²) in [5, 5.41) is 0. The average Bonchev–Trinajstić information content (AvgIpc) is 2.95. The lowest BCUT2D eigenvalue weighted by molar-refractivity contribution is -0.147. The maximum Gasteiger partial charge on any atom is 0.228 e. The molecule has 17 heavy (non-hydrogen) atoms. The van der Waals surface area contributed by atoms with Gasteiger partial charge in [-0.25, -0.2) is 0 Å². The van der Waals surface area contributed by atoms with Crippen molar-refractivity contribution < 1.29 is 9.53 Å². The largest absolute Gasteiger partial charge is 0.381 e. The van der Waals surface area contributed by atoms with Crippen LogP contribution < -0.4 is 0 Å². The molecule has 3 heterocycles. The first-order valence-corrected chi connectivity index (χ1v) is 6.81. The van der Waals surface area contributed by atoms with Crippen LogP contribution in [-0.4, -0.2) is 61.6 Å². The van der Waals surface area contributed by atoms with Gasteiger partial charge in [0.1, 0.15) is 0 Å². The second-order valence-electron chi connectivity index (χ2n) is 5.87. The van der Waals surface area contributed by atoms with E-state index in [1.54, 1.807) is 0 Å². The fraction of sp³-hybridized carbons (Fsp3) is 0.923. The number of ether oxygens (including phenoxy) is 1. The third-order valence-corrected chi connectivity index (χ3v) is 4.61. The molecule has 1 atom stereocenters. The molecule has 3 aliphatic rings. The second-order valence-corrected chi connectivity index (χ2v) is 5.87. The molecule has 3 aliphatic heterocycles. The van der Waals surface area contributed by atoms with E-state index in [-0.39, 0.29) is 5.92 Å². The molecule has 0 N–H and O–H groups in total. The van der Waals surface area contributed by atoms with Crippen molar-refractivity contribution in [3.63, 3.8) is 0 Å². The van der Waals surface area contributed by atoms with Gasteiger partial charge in [0.15, 0.2) is 0 Å². The molecule has 1 spiro atoms. The van der Waals surface area contributed by atoms with Crippen LogP contribution in [0.15, 0.2) is 0 Å². The van der Waals surface area contributed by atoms with Gasteiger partial charge in [0.05, 0.1) is 12.5 Å². The summed E-state index contributed by atoms with van der Waals surface area (Å²) in [5.74, 6) is 0.485. The summed E-state index contributed by atoms with van der Waals surface area (Å²) in [5.41, 5.74) is 0.436. The summed E-state index contributed by atoms with van der Waals surface area (Å²) in [6.45, 7) is 9.14. The van der Waals surface area contributed by atoms with Gasteiger partial charge in [-0.1, -0.05) is 6.92 Å².